The molecule has 4 aliphatic rings. The van der Waals surface area contributed by atoms with Gasteiger partial charge in [0.25, 0.3) is 17.7 Å². The molecule has 5 heterocycles. The van der Waals surface area contributed by atoms with Gasteiger partial charge in [0.1, 0.15) is 29.9 Å². The van der Waals surface area contributed by atoms with Crippen molar-refractivity contribution in [1.82, 2.24) is 41.0 Å². The summed E-state index contributed by atoms with van der Waals surface area (Å²) < 4.78 is 41.1. The van der Waals surface area contributed by atoms with Crippen molar-refractivity contribution in [2.24, 2.45) is 5.73 Å². The molecule has 3 fully saturated rings. The summed E-state index contributed by atoms with van der Waals surface area (Å²) in [5, 5.41) is 10.6. The molecule has 0 bridgehead atoms. The lowest BCUT2D eigenvalue weighted by atomic mass is 9.98. The van der Waals surface area contributed by atoms with Crippen molar-refractivity contribution >= 4 is 77.6 Å². The minimum absolute atomic E-state index is 0.00260. The van der Waals surface area contributed by atoms with Crippen molar-refractivity contribution in [1.29, 1.82) is 0 Å². The van der Waals surface area contributed by atoms with Crippen molar-refractivity contribution in [3.8, 4) is 11.8 Å². The molecule has 2 unspecified atom stereocenters. The van der Waals surface area contributed by atoms with Crippen LogP contribution in [0.4, 0.5) is 8.78 Å². The number of nitrogens with one attached hydrogen (secondary N) is 5. The lowest BCUT2D eigenvalue weighted by molar-refractivity contribution is -0.145. The van der Waals surface area contributed by atoms with Gasteiger partial charge in [-0.3, -0.25) is 62.7 Å². The van der Waals surface area contributed by atoms with Crippen LogP contribution in [0.15, 0.2) is 103 Å². The summed E-state index contributed by atoms with van der Waals surface area (Å²) in [6, 6.07) is 20.3. The number of unbranched alkanes of at least 4 members (excludes halogenated alkanes) is 3. The van der Waals surface area contributed by atoms with Gasteiger partial charge in [-0.25, -0.2) is 0 Å². The van der Waals surface area contributed by atoms with Gasteiger partial charge >= 0.3 is 13.3 Å². The van der Waals surface area contributed by atoms with Crippen LogP contribution in [0.3, 0.4) is 0 Å². The second kappa shape index (κ2) is 25.3. The Hall–Kier alpha value is -8.91. The zero-order valence-electron chi connectivity index (χ0n) is 45.2. The molecule has 4 aliphatic heterocycles. The topological polar surface area (TPSA) is 328 Å². The van der Waals surface area contributed by atoms with Crippen molar-refractivity contribution in [3.05, 3.63) is 142 Å². The van der Waals surface area contributed by atoms with Crippen LogP contribution < -0.4 is 27.0 Å². The Bertz CT molecular complexity index is 3530. The number of fused-ring (bicyclic) bond motifs is 3. The van der Waals surface area contributed by atoms with Crippen LogP contribution in [0.1, 0.15) is 137 Å². The van der Waals surface area contributed by atoms with Gasteiger partial charge in [-0.05, 0) is 86.4 Å². The van der Waals surface area contributed by atoms with Gasteiger partial charge in [0.2, 0.25) is 41.4 Å². The number of benzene rings is 4. The maximum absolute atomic E-state index is 15.0. The number of aromatic amines is 1. The normalized spacial score (nSPS) is 19.4. The maximum atomic E-state index is 15.0. The van der Waals surface area contributed by atoms with E-state index in [1.807, 2.05) is 60.7 Å². The number of amides is 10. The molecule has 438 valence electrons. The standard InChI is InChI=1S/C59H60F2N9O13P/c60-59(61,84(81,82)83)38-21-23-41-37(31-38)32-43(63-41)53(75)65-44-33-68(49(73)20-11-3-1-2-6-13-34-18-12-19-40-50(34)58(80)70(56(40)78)46-26-28-48(72)66-55(46)77)30-29-39-22-25-45(69(39)57(44)79)54(76)64-42(24-27-47(62)71)52(74)67-51(35-14-7-4-8-15-35)36-16-9-5-10-17-36/h4-5,7-10,12,14-19,21,23,31-32,39,42,44-46,51,63H,1-3,11,20,22,24-30,33H2,(H2,62,71)(H,64,76)(H,65,75)(H,67,74)(H,66,72,77)(H2,81,82,83)/t39-,42?,44+,45+,46?/m1/s1. The summed E-state index contributed by atoms with van der Waals surface area (Å²) in [4.78, 5) is 160. The Morgan fingerprint density at radius 1 is 0.810 bits per heavy atom. The molecule has 4 aromatic carbocycles. The number of primary amides is 1. The molecule has 10 amide bonds. The van der Waals surface area contributed by atoms with Crippen LogP contribution in [-0.4, -0.2) is 132 Å². The number of nitrogens with two attached hydrogens (primary N) is 1. The monoisotopic (exact) mass is 1170 g/mol. The van der Waals surface area contributed by atoms with Gasteiger partial charge in [0, 0.05) is 66.8 Å². The SMILES string of the molecule is NC(=O)CCC(NC(=O)[C@@H]1CC[C@@H]2CCN(C(=O)CCCCCC#Cc3cccc4c3C(=O)N(C3CCC(=O)NC3=O)C4=O)C[C@H](NC(=O)c3cc4cc(C(F)(F)P(=O)(O)O)ccc4[nH]3)C(=O)N21)C(=O)NC(c1ccccc1)c1ccccc1. The smallest absolute Gasteiger partial charge is 0.370 e. The quantitative estimate of drug-likeness (QED) is 0.0250. The van der Waals surface area contributed by atoms with Crippen molar-refractivity contribution in [2.45, 2.75) is 119 Å². The molecule has 84 heavy (non-hydrogen) atoms. The van der Waals surface area contributed by atoms with Crippen LogP contribution in [0.5, 0.6) is 0 Å². The van der Waals surface area contributed by atoms with E-state index < -0.39 is 108 Å². The molecule has 0 saturated carbocycles. The average Bonchev–Trinajstić information content (AvgIpc) is 2.30. The van der Waals surface area contributed by atoms with E-state index in [1.54, 1.807) is 12.1 Å². The Morgan fingerprint density at radius 3 is 2.20 bits per heavy atom. The number of aromatic nitrogens is 1. The third-order valence-corrected chi connectivity index (χ3v) is 16.5. The maximum Gasteiger partial charge on any atom is 0.399 e. The second-order valence-electron chi connectivity index (χ2n) is 21.1. The van der Waals surface area contributed by atoms with Gasteiger partial charge in [0.05, 0.1) is 17.2 Å². The zero-order valence-corrected chi connectivity index (χ0v) is 46.1. The average molecular weight is 1170 g/mol. The number of nitrogens with zero attached hydrogens (tertiary/aromatic N) is 3. The molecule has 0 aliphatic carbocycles. The number of alkyl halides is 2. The molecule has 9 N–H and O–H groups in total. The first-order valence-corrected chi connectivity index (χ1v) is 29.0. The Morgan fingerprint density at radius 2 is 1.52 bits per heavy atom. The molecule has 5 atom stereocenters. The number of rotatable bonds is 19. The molecule has 25 heteroatoms. The van der Waals surface area contributed by atoms with E-state index in [4.69, 9.17) is 5.73 Å². The number of H-pyrrole nitrogens is 1. The van der Waals surface area contributed by atoms with E-state index in [1.165, 1.54) is 15.9 Å². The highest BCUT2D eigenvalue weighted by molar-refractivity contribution is 7.52. The molecular weight excluding hydrogens is 1110 g/mol. The van der Waals surface area contributed by atoms with Crippen LogP contribution >= 0.6 is 7.60 Å². The molecule has 9 rings (SSSR count). The summed E-state index contributed by atoms with van der Waals surface area (Å²) in [5.74, 6) is -0.681. The number of piperidine rings is 1. The number of carbonyl (C=O) groups excluding carboxylic acids is 10. The lowest BCUT2D eigenvalue weighted by Crippen LogP contribution is -2.62. The first-order valence-electron chi connectivity index (χ1n) is 27.4. The highest BCUT2D eigenvalue weighted by Crippen LogP contribution is 2.59. The fraction of sp³-hybridized carbons (Fsp3) is 0.356. The number of carbonyl (C=O) groups is 10. The molecule has 22 nitrogen and oxygen atoms in total. The number of halogens is 2. The largest absolute Gasteiger partial charge is 0.399 e. The van der Waals surface area contributed by atoms with Crippen LogP contribution in [0, 0.1) is 11.8 Å². The first-order chi connectivity index (χ1) is 40.1. The molecular formula is C59H60F2N9O13P. The fourth-order valence-electron chi connectivity index (χ4n) is 11.1. The first kappa shape index (κ1) is 59.7. The summed E-state index contributed by atoms with van der Waals surface area (Å²) in [5.41, 5.74) is 1.80. The van der Waals surface area contributed by atoms with E-state index in [-0.39, 0.29) is 98.1 Å². The Labute approximate surface area is 479 Å². The highest BCUT2D eigenvalue weighted by atomic mass is 31.2. The van der Waals surface area contributed by atoms with Gasteiger partial charge in [-0.1, -0.05) is 91.1 Å². The lowest BCUT2D eigenvalue weighted by Gasteiger charge is -2.39. The number of hydrogen-bond acceptors (Lipinski definition) is 11. The Balaban J connectivity index is 0.892. The summed E-state index contributed by atoms with van der Waals surface area (Å²) in [6.45, 7) is -0.269. The summed E-state index contributed by atoms with van der Waals surface area (Å²) in [6.07, 6.45) is 1.94. The predicted molar refractivity (Wildman–Crippen MR) is 297 cm³/mol. The third kappa shape index (κ3) is 13.0. The molecule has 5 aromatic rings. The molecule has 0 spiro atoms. The highest BCUT2D eigenvalue weighted by Gasteiger charge is 2.51. The fourth-order valence-corrected chi connectivity index (χ4v) is 11.6. The van der Waals surface area contributed by atoms with Gasteiger partial charge < -0.3 is 46.3 Å². The number of hydrogen-bond donors (Lipinski definition) is 8. The van der Waals surface area contributed by atoms with Crippen molar-refractivity contribution in [3.63, 3.8) is 0 Å². The molecule has 0 radical (unpaired) electrons. The van der Waals surface area contributed by atoms with E-state index in [0.29, 0.717) is 31.2 Å². The third-order valence-electron chi connectivity index (χ3n) is 15.5. The van der Waals surface area contributed by atoms with Gasteiger partial charge in [0.15, 0.2) is 0 Å². The second-order valence-corrected chi connectivity index (χ2v) is 22.7. The molecule has 1 aromatic heterocycles. The van der Waals surface area contributed by atoms with Crippen molar-refractivity contribution < 1.29 is 71.1 Å². The van der Waals surface area contributed by atoms with Gasteiger partial charge in [-0.2, -0.15) is 8.78 Å². The van der Waals surface area contributed by atoms with Gasteiger partial charge in [-0.15, -0.1) is 0 Å². The van der Waals surface area contributed by atoms with E-state index >= 15 is 4.79 Å². The summed E-state index contributed by atoms with van der Waals surface area (Å²) >= 11 is 0. The van der Waals surface area contributed by atoms with E-state index in [9.17, 15) is 66.3 Å². The van der Waals surface area contributed by atoms with E-state index in [0.717, 1.165) is 40.3 Å². The number of imide groups is 2. The van der Waals surface area contributed by atoms with E-state index in [2.05, 4.69) is 38.1 Å². The molecule has 3 saturated heterocycles. The van der Waals surface area contributed by atoms with Crippen LogP contribution in [-0.2, 0) is 43.8 Å². The van der Waals surface area contributed by atoms with Crippen molar-refractivity contribution in [2.75, 3.05) is 13.1 Å². The predicted octanol–water partition coefficient (Wildman–Crippen LogP) is 4.14. The summed E-state index contributed by atoms with van der Waals surface area (Å²) in [7, 11) is -5.95. The zero-order chi connectivity index (χ0) is 60.0. The minimum atomic E-state index is -5.95. The Kier molecular flexibility index (Phi) is 18.0. The minimum Gasteiger partial charge on any atom is -0.370 e. The van der Waals surface area contributed by atoms with Crippen LogP contribution in [0.25, 0.3) is 10.9 Å². The van der Waals surface area contributed by atoms with Crippen LogP contribution in [0.2, 0.25) is 0 Å².